The first-order valence-corrected chi connectivity index (χ1v) is 7.00. The number of aryl methyl sites for hydroxylation is 1. The normalized spacial score (nSPS) is 18.7. The van der Waals surface area contributed by atoms with Crippen LogP contribution in [0.3, 0.4) is 0 Å². The zero-order chi connectivity index (χ0) is 12.5. The SMILES string of the molecule is NCC1CCc2oc(-c3ccc(Br)cc3)nc2C1. The molecule has 0 fully saturated rings. The topological polar surface area (TPSA) is 52.0 Å². The van der Waals surface area contributed by atoms with Gasteiger partial charge in [-0.3, -0.25) is 0 Å². The van der Waals surface area contributed by atoms with Crippen LogP contribution in [0.25, 0.3) is 11.5 Å². The summed E-state index contributed by atoms with van der Waals surface area (Å²) in [5.74, 6) is 2.32. The summed E-state index contributed by atoms with van der Waals surface area (Å²) >= 11 is 3.43. The number of oxazole rings is 1. The molecule has 0 saturated heterocycles. The Bertz CT molecular complexity index is 547. The van der Waals surface area contributed by atoms with Crippen LogP contribution in [0.4, 0.5) is 0 Å². The van der Waals surface area contributed by atoms with E-state index in [4.69, 9.17) is 10.2 Å². The molecule has 1 heterocycles. The molecule has 1 aliphatic rings. The first-order chi connectivity index (χ1) is 8.76. The van der Waals surface area contributed by atoms with Gasteiger partial charge in [0.05, 0.1) is 5.69 Å². The van der Waals surface area contributed by atoms with E-state index in [0.29, 0.717) is 5.92 Å². The number of rotatable bonds is 2. The highest BCUT2D eigenvalue weighted by Crippen LogP contribution is 2.30. The first kappa shape index (κ1) is 11.9. The van der Waals surface area contributed by atoms with Crippen molar-refractivity contribution >= 4 is 15.9 Å². The maximum atomic E-state index is 5.86. The van der Waals surface area contributed by atoms with Crippen molar-refractivity contribution < 1.29 is 4.42 Å². The standard InChI is InChI=1S/C14H15BrN2O/c15-11-4-2-10(3-5-11)14-17-12-7-9(8-16)1-6-13(12)18-14/h2-5,9H,1,6-8,16H2. The van der Waals surface area contributed by atoms with E-state index in [2.05, 4.69) is 20.9 Å². The molecule has 0 saturated carbocycles. The maximum Gasteiger partial charge on any atom is 0.226 e. The quantitative estimate of drug-likeness (QED) is 0.927. The number of fused-ring (bicyclic) bond motifs is 1. The molecule has 1 atom stereocenters. The van der Waals surface area contributed by atoms with Gasteiger partial charge in [-0.05, 0) is 49.6 Å². The fraction of sp³-hybridized carbons (Fsp3) is 0.357. The van der Waals surface area contributed by atoms with Gasteiger partial charge >= 0.3 is 0 Å². The summed E-state index contributed by atoms with van der Waals surface area (Å²) in [5, 5.41) is 0. The van der Waals surface area contributed by atoms with Crippen LogP contribution < -0.4 is 5.73 Å². The van der Waals surface area contributed by atoms with Gasteiger partial charge < -0.3 is 10.2 Å². The number of benzene rings is 1. The molecule has 2 N–H and O–H groups in total. The minimum Gasteiger partial charge on any atom is -0.441 e. The van der Waals surface area contributed by atoms with Crippen LogP contribution in [0.2, 0.25) is 0 Å². The molecule has 0 amide bonds. The highest BCUT2D eigenvalue weighted by Gasteiger charge is 2.23. The molecular weight excluding hydrogens is 292 g/mol. The van der Waals surface area contributed by atoms with Crippen molar-refractivity contribution in [2.45, 2.75) is 19.3 Å². The van der Waals surface area contributed by atoms with E-state index in [1.165, 1.54) is 0 Å². The predicted molar refractivity (Wildman–Crippen MR) is 74.2 cm³/mol. The van der Waals surface area contributed by atoms with E-state index in [9.17, 15) is 0 Å². The van der Waals surface area contributed by atoms with Crippen molar-refractivity contribution in [2.24, 2.45) is 11.7 Å². The number of nitrogens with zero attached hydrogens (tertiary/aromatic N) is 1. The van der Waals surface area contributed by atoms with Crippen molar-refractivity contribution in [1.29, 1.82) is 0 Å². The van der Waals surface area contributed by atoms with E-state index in [0.717, 1.165) is 53.2 Å². The van der Waals surface area contributed by atoms with Crippen LogP contribution in [0.15, 0.2) is 33.2 Å². The van der Waals surface area contributed by atoms with Crippen molar-refractivity contribution in [1.82, 2.24) is 4.98 Å². The largest absolute Gasteiger partial charge is 0.441 e. The third kappa shape index (κ3) is 2.22. The highest BCUT2D eigenvalue weighted by atomic mass is 79.9. The van der Waals surface area contributed by atoms with Crippen molar-refractivity contribution in [2.75, 3.05) is 6.54 Å². The molecule has 1 aromatic carbocycles. The van der Waals surface area contributed by atoms with Gasteiger partial charge in [0.2, 0.25) is 5.89 Å². The maximum absolute atomic E-state index is 5.86. The average Bonchev–Trinajstić information content (AvgIpc) is 2.82. The van der Waals surface area contributed by atoms with Crippen LogP contribution in [0.5, 0.6) is 0 Å². The van der Waals surface area contributed by atoms with E-state index in [1.807, 2.05) is 24.3 Å². The first-order valence-electron chi connectivity index (χ1n) is 6.21. The van der Waals surface area contributed by atoms with Crippen LogP contribution in [-0.2, 0) is 12.8 Å². The second-order valence-corrected chi connectivity index (χ2v) is 5.66. The van der Waals surface area contributed by atoms with Gasteiger partial charge in [0.15, 0.2) is 0 Å². The lowest BCUT2D eigenvalue weighted by Gasteiger charge is -2.17. The second-order valence-electron chi connectivity index (χ2n) is 4.74. The Balaban J connectivity index is 1.91. The zero-order valence-corrected chi connectivity index (χ0v) is 11.6. The third-order valence-corrected chi connectivity index (χ3v) is 3.99. The zero-order valence-electron chi connectivity index (χ0n) is 10.0. The fourth-order valence-corrected chi connectivity index (χ4v) is 2.63. The van der Waals surface area contributed by atoms with Crippen molar-refractivity contribution in [3.8, 4) is 11.5 Å². The lowest BCUT2D eigenvalue weighted by atomic mass is 9.90. The molecule has 4 heteroatoms. The summed E-state index contributed by atoms with van der Waals surface area (Å²) in [5.41, 5.74) is 7.85. The van der Waals surface area contributed by atoms with Gasteiger partial charge in [0.1, 0.15) is 5.76 Å². The predicted octanol–water partition coefficient (Wildman–Crippen LogP) is 3.17. The molecule has 1 aliphatic carbocycles. The number of hydrogen-bond donors (Lipinski definition) is 1. The van der Waals surface area contributed by atoms with E-state index in [-0.39, 0.29) is 0 Å². The molecule has 0 radical (unpaired) electrons. The Kier molecular flexibility index (Phi) is 3.22. The van der Waals surface area contributed by atoms with Crippen molar-refractivity contribution in [3.63, 3.8) is 0 Å². The smallest absolute Gasteiger partial charge is 0.226 e. The van der Waals surface area contributed by atoms with Gasteiger partial charge in [0, 0.05) is 16.5 Å². The molecule has 3 rings (SSSR count). The summed E-state index contributed by atoms with van der Waals surface area (Å²) in [6, 6.07) is 8.03. The van der Waals surface area contributed by atoms with E-state index < -0.39 is 0 Å². The number of aromatic nitrogens is 1. The molecule has 2 aromatic rings. The number of nitrogens with two attached hydrogens (primary N) is 1. The van der Waals surface area contributed by atoms with Gasteiger partial charge in [0.25, 0.3) is 0 Å². The Morgan fingerprint density at radius 3 is 2.83 bits per heavy atom. The number of halogens is 1. The molecule has 1 unspecified atom stereocenters. The van der Waals surface area contributed by atoms with Crippen LogP contribution >= 0.6 is 15.9 Å². The Hall–Kier alpha value is -1.13. The second kappa shape index (κ2) is 4.86. The van der Waals surface area contributed by atoms with Crippen LogP contribution in [0, 0.1) is 5.92 Å². The average molecular weight is 307 g/mol. The lowest BCUT2D eigenvalue weighted by molar-refractivity contribution is 0.413. The summed E-state index contributed by atoms with van der Waals surface area (Å²) in [7, 11) is 0. The van der Waals surface area contributed by atoms with E-state index in [1.54, 1.807) is 0 Å². The molecule has 0 bridgehead atoms. The van der Waals surface area contributed by atoms with Crippen LogP contribution in [-0.4, -0.2) is 11.5 Å². The summed E-state index contributed by atoms with van der Waals surface area (Å²) in [6.45, 7) is 0.736. The lowest BCUT2D eigenvalue weighted by Crippen LogP contribution is -2.21. The molecular formula is C14H15BrN2O. The van der Waals surface area contributed by atoms with Gasteiger partial charge in [-0.1, -0.05) is 15.9 Å². The molecule has 94 valence electrons. The molecule has 1 aromatic heterocycles. The number of hydrogen-bond acceptors (Lipinski definition) is 3. The van der Waals surface area contributed by atoms with Gasteiger partial charge in [-0.25, -0.2) is 4.98 Å². The van der Waals surface area contributed by atoms with Gasteiger partial charge in [-0.2, -0.15) is 0 Å². The minimum atomic E-state index is 0.556. The third-order valence-electron chi connectivity index (χ3n) is 3.46. The fourth-order valence-electron chi connectivity index (χ4n) is 2.37. The molecule has 0 spiro atoms. The monoisotopic (exact) mass is 306 g/mol. The van der Waals surface area contributed by atoms with E-state index >= 15 is 0 Å². The molecule has 0 aliphatic heterocycles. The molecule has 18 heavy (non-hydrogen) atoms. The van der Waals surface area contributed by atoms with Crippen molar-refractivity contribution in [3.05, 3.63) is 40.2 Å². The minimum absolute atomic E-state index is 0.556. The Morgan fingerprint density at radius 1 is 1.33 bits per heavy atom. The van der Waals surface area contributed by atoms with Crippen LogP contribution in [0.1, 0.15) is 17.9 Å². The Morgan fingerprint density at radius 2 is 2.11 bits per heavy atom. The van der Waals surface area contributed by atoms with Gasteiger partial charge in [-0.15, -0.1) is 0 Å². The summed E-state index contributed by atoms with van der Waals surface area (Å²) < 4.78 is 6.92. The highest BCUT2D eigenvalue weighted by molar-refractivity contribution is 9.10. The Labute approximate surface area is 115 Å². The molecule has 3 nitrogen and oxygen atoms in total. The summed E-state index contributed by atoms with van der Waals surface area (Å²) in [6.07, 6.45) is 3.02. The summed E-state index contributed by atoms with van der Waals surface area (Å²) in [4.78, 5) is 4.61.